The van der Waals surface area contributed by atoms with Crippen molar-refractivity contribution in [2.24, 2.45) is 11.7 Å². The number of thiophene rings is 1. The van der Waals surface area contributed by atoms with Crippen molar-refractivity contribution in [2.75, 3.05) is 6.26 Å². The van der Waals surface area contributed by atoms with Crippen LogP contribution in [-0.2, 0) is 9.84 Å². The van der Waals surface area contributed by atoms with Crippen molar-refractivity contribution >= 4 is 53.0 Å². The van der Waals surface area contributed by atoms with E-state index in [1.54, 1.807) is 11.3 Å². The Morgan fingerprint density at radius 1 is 1.42 bits per heavy atom. The molecule has 0 radical (unpaired) electrons. The van der Waals surface area contributed by atoms with Gasteiger partial charge in [0.2, 0.25) is 0 Å². The lowest BCUT2D eigenvalue weighted by Crippen LogP contribution is -2.32. The fourth-order valence-electron chi connectivity index (χ4n) is 2.66. The fraction of sp³-hybridized carbons (Fsp3) is 0.667. The van der Waals surface area contributed by atoms with Crippen LogP contribution in [0, 0.1) is 5.92 Å². The summed E-state index contributed by atoms with van der Waals surface area (Å²) in [5, 5.41) is -0.218. The topological polar surface area (TPSA) is 60.2 Å². The van der Waals surface area contributed by atoms with E-state index in [4.69, 9.17) is 5.73 Å². The van der Waals surface area contributed by atoms with Crippen LogP contribution in [-0.4, -0.2) is 19.9 Å². The molecule has 1 aliphatic rings. The van der Waals surface area contributed by atoms with E-state index in [0.717, 1.165) is 32.4 Å². The monoisotopic (exact) mass is 429 g/mol. The predicted molar refractivity (Wildman–Crippen MR) is 87.2 cm³/mol. The molecule has 108 valence electrons. The van der Waals surface area contributed by atoms with Crippen LogP contribution in [0.4, 0.5) is 0 Å². The summed E-state index contributed by atoms with van der Waals surface area (Å²) in [7, 11) is -2.95. The summed E-state index contributed by atoms with van der Waals surface area (Å²) in [6.07, 6.45) is 4.76. The Kier molecular flexibility index (Phi) is 5.15. The highest BCUT2D eigenvalue weighted by Gasteiger charge is 2.32. The normalized spacial score (nSPS) is 26.3. The Balaban J connectivity index is 2.13. The van der Waals surface area contributed by atoms with Gasteiger partial charge in [0.15, 0.2) is 0 Å². The van der Waals surface area contributed by atoms with Gasteiger partial charge in [-0.3, -0.25) is 0 Å². The first-order chi connectivity index (χ1) is 8.79. The average Bonchev–Trinajstić information content (AvgIpc) is 2.68. The minimum absolute atomic E-state index is 0.0721. The number of hydrogen-bond donors (Lipinski definition) is 1. The molecule has 1 aromatic heterocycles. The molecule has 0 saturated heterocycles. The first kappa shape index (κ1) is 15.9. The molecule has 1 aromatic rings. The minimum atomic E-state index is -2.95. The van der Waals surface area contributed by atoms with Gasteiger partial charge >= 0.3 is 0 Å². The molecular weight excluding hydrogens is 414 g/mol. The van der Waals surface area contributed by atoms with Gasteiger partial charge in [-0.2, -0.15) is 0 Å². The van der Waals surface area contributed by atoms with E-state index in [0.29, 0.717) is 6.42 Å². The maximum absolute atomic E-state index is 11.7. The number of hydrogen-bond acceptors (Lipinski definition) is 4. The van der Waals surface area contributed by atoms with Crippen LogP contribution in [0.1, 0.15) is 36.6 Å². The maximum atomic E-state index is 11.7. The van der Waals surface area contributed by atoms with Crippen LogP contribution < -0.4 is 5.73 Å². The van der Waals surface area contributed by atoms with E-state index in [1.165, 1.54) is 6.26 Å². The third-order valence-corrected chi connectivity index (χ3v) is 8.77. The lowest BCUT2D eigenvalue weighted by molar-refractivity contribution is 0.311. The summed E-state index contributed by atoms with van der Waals surface area (Å²) in [6.45, 7) is 0. The Bertz CT molecular complexity index is 537. The predicted octanol–water partition coefficient (Wildman–Crippen LogP) is 3.88. The molecule has 2 rings (SSSR count). The molecule has 19 heavy (non-hydrogen) atoms. The molecule has 1 heterocycles. The largest absolute Gasteiger partial charge is 0.323 e. The van der Waals surface area contributed by atoms with Gasteiger partial charge in [-0.05, 0) is 63.1 Å². The van der Waals surface area contributed by atoms with E-state index in [1.807, 2.05) is 6.07 Å². The number of sulfone groups is 1. The molecule has 1 saturated carbocycles. The van der Waals surface area contributed by atoms with E-state index in [2.05, 4.69) is 31.9 Å². The van der Waals surface area contributed by atoms with Gasteiger partial charge in [0, 0.05) is 21.6 Å². The van der Waals surface area contributed by atoms with E-state index in [9.17, 15) is 8.42 Å². The van der Waals surface area contributed by atoms with Crippen LogP contribution in [0.15, 0.2) is 14.3 Å². The Labute approximate surface area is 135 Å². The third-order valence-electron chi connectivity index (χ3n) is 3.77. The number of rotatable bonds is 3. The van der Waals surface area contributed by atoms with Gasteiger partial charge in [-0.15, -0.1) is 11.3 Å². The van der Waals surface area contributed by atoms with Crippen molar-refractivity contribution in [3.63, 3.8) is 0 Å². The molecule has 1 aliphatic carbocycles. The zero-order valence-electron chi connectivity index (χ0n) is 10.6. The molecule has 3 nitrogen and oxygen atoms in total. The zero-order valence-corrected chi connectivity index (χ0v) is 15.4. The molecule has 1 fully saturated rings. The quantitative estimate of drug-likeness (QED) is 0.791. The second-order valence-electron chi connectivity index (χ2n) is 5.17. The van der Waals surface area contributed by atoms with E-state index >= 15 is 0 Å². The third kappa shape index (κ3) is 3.81. The van der Waals surface area contributed by atoms with Crippen LogP contribution in [0.2, 0.25) is 0 Å². The SMILES string of the molecule is CS(=O)(=O)C1CCCC(C(N)c2cc(Br)c(Br)s2)C1. The number of halogens is 2. The van der Waals surface area contributed by atoms with Gasteiger partial charge in [0.25, 0.3) is 0 Å². The standard InChI is InChI=1S/C12H17Br2NO2S2/c1-19(16,17)8-4-2-3-7(5-8)11(15)10-6-9(13)12(14)18-10/h6-8,11H,2-5,15H2,1H3. The first-order valence-corrected chi connectivity index (χ1v) is 10.5. The van der Waals surface area contributed by atoms with Crippen LogP contribution >= 0.6 is 43.2 Å². The molecule has 7 heteroatoms. The van der Waals surface area contributed by atoms with Gasteiger partial charge in [-0.25, -0.2) is 8.42 Å². The van der Waals surface area contributed by atoms with E-state index in [-0.39, 0.29) is 17.2 Å². The lowest BCUT2D eigenvalue weighted by Gasteiger charge is -2.31. The summed E-state index contributed by atoms with van der Waals surface area (Å²) in [4.78, 5) is 1.11. The molecule has 0 aromatic carbocycles. The molecule has 0 amide bonds. The number of nitrogens with two attached hydrogens (primary N) is 1. The highest BCUT2D eigenvalue weighted by atomic mass is 79.9. The molecule has 0 spiro atoms. The molecule has 2 N–H and O–H groups in total. The van der Waals surface area contributed by atoms with Crippen LogP contribution in [0.5, 0.6) is 0 Å². The highest BCUT2D eigenvalue weighted by Crippen LogP contribution is 2.41. The zero-order chi connectivity index (χ0) is 14.2. The van der Waals surface area contributed by atoms with Crippen molar-refractivity contribution in [1.82, 2.24) is 0 Å². The second-order valence-corrected chi connectivity index (χ2v) is 10.8. The van der Waals surface area contributed by atoms with Gasteiger partial charge < -0.3 is 5.73 Å². The summed E-state index contributed by atoms with van der Waals surface area (Å²) in [5.41, 5.74) is 6.33. The fourth-order valence-corrected chi connectivity index (χ4v) is 6.03. The van der Waals surface area contributed by atoms with Gasteiger partial charge in [-0.1, -0.05) is 6.42 Å². The molecular formula is C12H17Br2NO2S2. The van der Waals surface area contributed by atoms with E-state index < -0.39 is 9.84 Å². The first-order valence-electron chi connectivity index (χ1n) is 6.18. The van der Waals surface area contributed by atoms with Crippen LogP contribution in [0.3, 0.4) is 0 Å². The van der Waals surface area contributed by atoms with Crippen molar-refractivity contribution in [2.45, 2.75) is 37.0 Å². The van der Waals surface area contributed by atoms with Gasteiger partial charge in [0.05, 0.1) is 9.04 Å². The minimum Gasteiger partial charge on any atom is -0.323 e. The molecule has 0 aliphatic heterocycles. The summed E-state index contributed by atoms with van der Waals surface area (Å²) in [6, 6.07) is 1.96. The second kappa shape index (κ2) is 6.13. The molecule has 3 atom stereocenters. The highest BCUT2D eigenvalue weighted by molar-refractivity contribution is 9.13. The molecule has 0 bridgehead atoms. The summed E-state index contributed by atoms with van der Waals surface area (Å²) in [5.74, 6) is 0.255. The van der Waals surface area contributed by atoms with Crippen molar-refractivity contribution in [3.8, 4) is 0 Å². The summed E-state index contributed by atoms with van der Waals surface area (Å²) >= 11 is 8.56. The molecule has 3 unspecified atom stereocenters. The van der Waals surface area contributed by atoms with Crippen molar-refractivity contribution in [1.29, 1.82) is 0 Å². The lowest BCUT2D eigenvalue weighted by atomic mass is 9.83. The Morgan fingerprint density at radius 3 is 2.63 bits per heavy atom. The maximum Gasteiger partial charge on any atom is 0.150 e. The van der Waals surface area contributed by atoms with Crippen LogP contribution in [0.25, 0.3) is 0 Å². The summed E-state index contributed by atoms with van der Waals surface area (Å²) < 4.78 is 25.4. The van der Waals surface area contributed by atoms with Crippen molar-refractivity contribution in [3.05, 3.63) is 19.2 Å². The average molecular weight is 431 g/mol. The van der Waals surface area contributed by atoms with Gasteiger partial charge in [0.1, 0.15) is 9.84 Å². The Morgan fingerprint density at radius 2 is 2.11 bits per heavy atom. The Hall–Kier alpha value is 0.570. The smallest absolute Gasteiger partial charge is 0.150 e. The van der Waals surface area contributed by atoms with Crippen molar-refractivity contribution < 1.29 is 8.42 Å².